The Morgan fingerprint density at radius 3 is 2.60 bits per heavy atom. The monoisotopic (exact) mass is 280 g/mol. The van der Waals surface area contributed by atoms with Gasteiger partial charge in [0.05, 0.1) is 24.9 Å². The number of ether oxygens (including phenoxy) is 3. The molecule has 0 radical (unpaired) electrons. The first kappa shape index (κ1) is 15.4. The van der Waals surface area contributed by atoms with Crippen LogP contribution in [0.3, 0.4) is 0 Å². The largest absolute Gasteiger partial charge is 0.390 e. The third-order valence-corrected chi connectivity index (χ3v) is 3.07. The molecule has 0 unspecified atom stereocenters. The summed E-state index contributed by atoms with van der Waals surface area (Å²) in [5.74, 6) is 0. The first-order chi connectivity index (χ1) is 9.44. The highest BCUT2D eigenvalue weighted by Gasteiger charge is 2.36. The van der Waals surface area contributed by atoms with Crippen molar-refractivity contribution in [3.63, 3.8) is 0 Å². The van der Waals surface area contributed by atoms with Crippen molar-refractivity contribution in [3.05, 3.63) is 35.9 Å². The van der Waals surface area contributed by atoms with Gasteiger partial charge in [-0.3, -0.25) is 0 Å². The summed E-state index contributed by atoms with van der Waals surface area (Å²) < 4.78 is 17.0. The van der Waals surface area contributed by atoms with Gasteiger partial charge in [-0.05, 0) is 26.3 Å². The standard InChI is InChI=1S/C16H24O4/c1-16(2,3)20-15-9-13(17)14(19-15)11-18-10-12-7-5-4-6-8-12/h4-8,13-15,17H,9-11H2,1-3H3/t13-,14+,15+/m0/s1. The predicted molar refractivity (Wildman–Crippen MR) is 76.2 cm³/mol. The second-order valence-electron chi connectivity index (χ2n) is 6.14. The van der Waals surface area contributed by atoms with Crippen molar-refractivity contribution in [1.82, 2.24) is 0 Å². The van der Waals surface area contributed by atoms with E-state index in [2.05, 4.69) is 0 Å². The molecule has 0 saturated carbocycles. The molecule has 1 aliphatic heterocycles. The Morgan fingerprint density at radius 1 is 1.25 bits per heavy atom. The summed E-state index contributed by atoms with van der Waals surface area (Å²) in [6.07, 6.45) is -0.698. The Balaban J connectivity index is 1.74. The molecule has 4 heteroatoms. The topological polar surface area (TPSA) is 47.9 Å². The zero-order valence-electron chi connectivity index (χ0n) is 12.4. The lowest BCUT2D eigenvalue weighted by Gasteiger charge is -2.24. The Kier molecular flexibility index (Phi) is 5.16. The zero-order valence-corrected chi connectivity index (χ0v) is 12.4. The Bertz CT molecular complexity index is 399. The third kappa shape index (κ3) is 4.87. The van der Waals surface area contributed by atoms with Crippen LogP contribution in [-0.2, 0) is 20.8 Å². The van der Waals surface area contributed by atoms with E-state index in [9.17, 15) is 5.11 Å². The second-order valence-corrected chi connectivity index (χ2v) is 6.14. The first-order valence-electron chi connectivity index (χ1n) is 7.07. The smallest absolute Gasteiger partial charge is 0.161 e. The van der Waals surface area contributed by atoms with E-state index >= 15 is 0 Å². The minimum atomic E-state index is -0.530. The number of hydrogen-bond donors (Lipinski definition) is 1. The second kappa shape index (κ2) is 6.68. The molecule has 1 saturated heterocycles. The minimum absolute atomic E-state index is 0.274. The average Bonchev–Trinajstić information content (AvgIpc) is 2.68. The van der Waals surface area contributed by atoms with Crippen molar-refractivity contribution in [1.29, 1.82) is 0 Å². The number of aliphatic hydroxyl groups is 1. The van der Waals surface area contributed by atoms with Crippen LogP contribution in [0.1, 0.15) is 32.8 Å². The number of hydrogen-bond acceptors (Lipinski definition) is 4. The molecule has 0 spiro atoms. The van der Waals surface area contributed by atoms with Gasteiger partial charge in [0.25, 0.3) is 0 Å². The fraction of sp³-hybridized carbons (Fsp3) is 0.625. The molecule has 0 amide bonds. The average molecular weight is 280 g/mol. The predicted octanol–water partition coefficient (Wildman–Crippen LogP) is 2.49. The summed E-state index contributed by atoms with van der Waals surface area (Å²) in [4.78, 5) is 0. The van der Waals surface area contributed by atoms with Crippen molar-refractivity contribution in [2.24, 2.45) is 0 Å². The first-order valence-corrected chi connectivity index (χ1v) is 7.07. The van der Waals surface area contributed by atoms with Crippen LogP contribution in [0.2, 0.25) is 0 Å². The molecule has 1 aromatic carbocycles. The maximum Gasteiger partial charge on any atom is 0.161 e. The third-order valence-electron chi connectivity index (χ3n) is 3.07. The van der Waals surface area contributed by atoms with Crippen molar-refractivity contribution in [3.8, 4) is 0 Å². The van der Waals surface area contributed by atoms with Crippen molar-refractivity contribution >= 4 is 0 Å². The minimum Gasteiger partial charge on any atom is -0.390 e. The summed E-state index contributed by atoms with van der Waals surface area (Å²) >= 11 is 0. The molecule has 0 aliphatic carbocycles. The quantitative estimate of drug-likeness (QED) is 0.900. The van der Waals surface area contributed by atoms with Crippen LogP contribution in [0.15, 0.2) is 30.3 Å². The van der Waals surface area contributed by atoms with Crippen molar-refractivity contribution < 1.29 is 19.3 Å². The molecule has 1 heterocycles. The summed E-state index contributed by atoms with van der Waals surface area (Å²) in [5.41, 5.74) is 0.840. The molecule has 1 aromatic rings. The van der Waals surface area contributed by atoms with Gasteiger partial charge >= 0.3 is 0 Å². The molecule has 112 valence electrons. The van der Waals surface area contributed by atoms with E-state index in [0.717, 1.165) is 5.56 Å². The van der Waals surface area contributed by atoms with Crippen LogP contribution < -0.4 is 0 Å². The van der Waals surface area contributed by atoms with E-state index in [1.165, 1.54) is 0 Å². The Hall–Kier alpha value is -0.940. The fourth-order valence-corrected chi connectivity index (χ4v) is 2.18. The fourth-order valence-electron chi connectivity index (χ4n) is 2.18. The van der Waals surface area contributed by atoms with Gasteiger partial charge < -0.3 is 19.3 Å². The van der Waals surface area contributed by atoms with Crippen LogP contribution in [0.5, 0.6) is 0 Å². The molecular weight excluding hydrogens is 256 g/mol. The molecule has 4 nitrogen and oxygen atoms in total. The molecule has 1 fully saturated rings. The van der Waals surface area contributed by atoms with E-state index < -0.39 is 6.10 Å². The zero-order chi connectivity index (χ0) is 14.6. The van der Waals surface area contributed by atoms with Crippen molar-refractivity contribution in [2.45, 2.75) is 57.9 Å². The van der Waals surface area contributed by atoms with E-state index in [1.807, 2.05) is 51.1 Å². The van der Waals surface area contributed by atoms with E-state index in [0.29, 0.717) is 19.6 Å². The van der Waals surface area contributed by atoms with Crippen molar-refractivity contribution in [2.75, 3.05) is 6.61 Å². The molecule has 0 aromatic heterocycles. The van der Waals surface area contributed by atoms with Gasteiger partial charge in [-0.25, -0.2) is 0 Å². The molecule has 0 bridgehead atoms. The van der Waals surface area contributed by atoms with Gasteiger partial charge in [0.2, 0.25) is 0 Å². The SMILES string of the molecule is CC(C)(C)O[C@@H]1C[C@H](O)[C@@H](COCc2ccccc2)O1. The maximum atomic E-state index is 9.97. The Labute approximate surface area is 120 Å². The van der Waals surface area contributed by atoms with Gasteiger partial charge in [0.1, 0.15) is 6.10 Å². The van der Waals surface area contributed by atoms with Crippen LogP contribution >= 0.6 is 0 Å². The summed E-state index contributed by atoms with van der Waals surface area (Å²) in [7, 11) is 0. The highest BCUT2D eigenvalue weighted by molar-refractivity contribution is 5.13. The van der Waals surface area contributed by atoms with Gasteiger partial charge in [0.15, 0.2) is 6.29 Å². The van der Waals surface area contributed by atoms with E-state index in [-0.39, 0.29) is 18.0 Å². The van der Waals surface area contributed by atoms with E-state index in [1.54, 1.807) is 0 Å². The normalized spacial score (nSPS) is 26.9. The van der Waals surface area contributed by atoms with Gasteiger partial charge in [-0.15, -0.1) is 0 Å². The molecular formula is C16H24O4. The molecule has 20 heavy (non-hydrogen) atoms. The number of aliphatic hydroxyl groups excluding tert-OH is 1. The lowest BCUT2D eigenvalue weighted by Crippen LogP contribution is -2.28. The lowest BCUT2D eigenvalue weighted by atomic mass is 10.1. The lowest BCUT2D eigenvalue weighted by molar-refractivity contribution is -0.194. The highest BCUT2D eigenvalue weighted by atomic mass is 16.7. The van der Waals surface area contributed by atoms with Crippen LogP contribution in [-0.4, -0.2) is 35.8 Å². The number of benzene rings is 1. The molecule has 2 rings (SSSR count). The summed E-state index contributed by atoms with van der Waals surface area (Å²) in [6, 6.07) is 9.95. The number of rotatable bonds is 5. The van der Waals surface area contributed by atoms with E-state index in [4.69, 9.17) is 14.2 Å². The molecule has 3 atom stereocenters. The van der Waals surface area contributed by atoms with Crippen LogP contribution in [0.25, 0.3) is 0 Å². The van der Waals surface area contributed by atoms with Gasteiger partial charge in [-0.1, -0.05) is 30.3 Å². The molecule has 1 N–H and O–H groups in total. The van der Waals surface area contributed by atoms with Crippen LogP contribution in [0.4, 0.5) is 0 Å². The highest BCUT2D eigenvalue weighted by Crippen LogP contribution is 2.25. The van der Waals surface area contributed by atoms with Gasteiger partial charge in [-0.2, -0.15) is 0 Å². The van der Waals surface area contributed by atoms with Crippen LogP contribution in [0, 0.1) is 0 Å². The Morgan fingerprint density at radius 2 is 1.95 bits per heavy atom. The summed E-state index contributed by atoms with van der Waals surface area (Å²) in [6.45, 7) is 6.82. The maximum absolute atomic E-state index is 9.97. The molecule has 1 aliphatic rings. The van der Waals surface area contributed by atoms with Gasteiger partial charge in [0, 0.05) is 6.42 Å². The summed E-state index contributed by atoms with van der Waals surface area (Å²) in [5, 5.41) is 9.97.